The molecular formula is C13H19N5OS. The first-order chi connectivity index (χ1) is 9.74. The van der Waals surface area contributed by atoms with Crippen LogP contribution in [0.4, 0.5) is 11.6 Å². The van der Waals surface area contributed by atoms with Crippen LogP contribution in [0.3, 0.4) is 0 Å². The highest BCUT2D eigenvalue weighted by Crippen LogP contribution is 2.29. The van der Waals surface area contributed by atoms with Gasteiger partial charge in [0.2, 0.25) is 5.75 Å². The maximum absolute atomic E-state index is 5.40. The standard InChI is InChI=1S/C13H19N5OS/c1-4-5-14-12-11(19-3)13(17-8-16-12)15-6-10-7-20-9(2)18-10/h7-8H,4-6H2,1-3H3,(H2,14,15,16,17). The van der Waals surface area contributed by atoms with Crippen molar-refractivity contribution < 1.29 is 4.74 Å². The summed E-state index contributed by atoms with van der Waals surface area (Å²) >= 11 is 1.64. The molecule has 0 aliphatic heterocycles. The molecular weight excluding hydrogens is 274 g/mol. The zero-order chi connectivity index (χ0) is 14.4. The van der Waals surface area contributed by atoms with E-state index in [2.05, 4.69) is 32.5 Å². The summed E-state index contributed by atoms with van der Waals surface area (Å²) in [5.74, 6) is 2.01. The first-order valence-electron chi connectivity index (χ1n) is 6.52. The fourth-order valence-corrected chi connectivity index (χ4v) is 2.34. The Morgan fingerprint density at radius 1 is 1.25 bits per heavy atom. The minimum Gasteiger partial charge on any atom is -0.490 e. The molecule has 0 aliphatic rings. The van der Waals surface area contributed by atoms with Gasteiger partial charge in [-0.15, -0.1) is 11.3 Å². The Bertz CT molecular complexity index is 557. The Kier molecular flexibility index (Phi) is 5.11. The summed E-state index contributed by atoms with van der Waals surface area (Å²) in [5, 5.41) is 9.56. The molecule has 0 amide bonds. The van der Waals surface area contributed by atoms with Gasteiger partial charge in [0.25, 0.3) is 0 Å². The Morgan fingerprint density at radius 2 is 2.00 bits per heavy atom. The quantitative estimate of drug-likeness (QED) is 0.818. The summed E-state index contributed by atoms with van der Waals surface area (Å²) in [7, 11) is 1.62. The van der Waals surface area contributed by atoms with Crippen LogP contribution >= 0.6 is 11.3 Å². The van der Waals surface area contributed by atoms with Gasteiger partial charge in [0.15, 0.2) is 11.6 Å². The molecule has 2 rings (SSSR count). The molecule has 2 heterocycles. The van der Waals surface area contributed by atoms with E-state index < -0.39 is 0 Å². The lowest BCUT2D eigenvalue weighted by Gasteiger charge is -2.13. The second-order valence-electron chi connectivity index (χ2n) is 4.24. The minimum absolute atomic E-state index is 0.616. The lowest BCUT2D eigenvalue weighted by Crippen LogP contribution is -2.09. The van der Waals surface area contributed by atoms with Crippen molar-refractivity contribution in [2.45, 2.75) is 26.8 Å². The van der Waals surface area contributed by atoms with E-state index in [-0.39, 0.29) is 0 Å². The van der Waals surface area contributed by atoms with E-state index in [0.29, 0.717) is 23.9 Å². The number of thiazole rings is 1. The minimum atomic E-state index is 0.616. The van der Waals surface area contributed by atoms with Gasteiger partial charge < -0.3 is 15.4 Å². The molecule has 0 radical (unpaired) electrons. The number of aromatic nitrogens is 3. The van der Waals surface area contributed by atoms with Crippen molar-refractivity contribution in [2.24, 2.45) is 0 Å². The average molecular weight is 293 g/mol. The lowest BCUT2D eigenvalue weighted by atomic mass is 10.4. The third-order valence-corrected chi connectivity index (χ3v) is 3.48. The molecule has 6 nitrogen and oxygen atoms in total. The Morgan fingerprint density at radius 3 is 2.60 bits per heavy atom. The van der Waals surface area contributed by atoms with Gasteiger partial charge in [-0.05, 0) is 13.3 Å². The lowest BCUT2D eigenvalue weighted by molar-refractivity contribution is 0.414. The van der Waals surface area contributed by atoms with Gasteiger partial charge in [-0.2, -0.15) is 0 Å². The third kappa shape index (κ3) is 3.57. The Hall–Kier alpha value is -1.89. The highest BCUT2D eigenvalue weighted by atomic mass is 32.1. The first kappa shape index (κ1) is 14.5. The van der Waals surface area contributed by atoms with Gasteiger partial charge in [-0.25, -0.2) is 15.0 Å². The maximum Gasteiger partial charge on any atom is 0.204 e. The fourth-order valence-electron chi connectivity index (χ4n) is 1.73. The molecule has 20 heavy (non-hydrogen) atoms. The van der Waals surface area contributed by atoms with Crippen molar-refractivity contribution >= 4 is 23.0 Å². The van der Waals surface area contributed by atoms with Crippen LogP contribution in [0.15, 0.2) is 11.7 Å². The van der Waals surface area contributed by atoms with Crippen molar-refractivity contribution in [3.05, 3.63) is 22.4 Å². The summed E-state index contributed by atoms with van der Waals surface area (Å²) in [6.07, 6.45) is 2.54. The second-order valence-corrected chi connectivity index (χ2v) is 5.30. The fraction of sp³-hybridized carbons (Fsp3) is 0.462. The van der Waals surface area contributed by atoms with Gasteiger partial charge in [-0.1, -0.05) is 6.92 Å². The average Bonchev–Trinajstić information content (AvgIpc) is 2.88. The van der Waals surface area contributed by atoms with Crippen LogP contribution < -0.4 is 15.4 Å². The summed E-state index contributed by atoms with van der Waals surface area (Å²) in [6, 6.07) is 0. The van der Waals surface area contributed by atoms with E-state index in [0.717, 1.165) is 23.7 Å². The number of rotatable bonds is 7. The van der Waals surface area contributed by atoms with Gasteiger partial charge in [-0.3, -0.25) is 0 Å². The van der Waals surface area contributed by atoms with E-state index in [4.69, 9.17) is 4.74 Å². The monoisotopic (exact) mass is 293 g/mol. The molecule has 108 valence electrons. The topological polar surface area (TPSA) is 72.0 Å². The van der Waals surface area contributed by atoms with Crippen LogP contribution in [0.1, 0.15) is 24.0 Å². The van der Waals surface area contributed by atoms with Crippen molar-refractivity contribution in [1.29, 1.82) is 0 Å². The highest BCUT2D eigenvalue weighted by molar-refractivity contribution is 7.09. The number of anilines is 2. The van der Waals surface area contributed by atoms with Crippen molar-refractivity contribution in [2.75, 3.05) is 24.3 Å². The van der Waals surface area contributed by atoms with E-state index in [1.54, 1.807) is 18.4 Å². The third-order valence-electron chi connectivity index (χ3n) is 2.65. The van der Waals surface area contributed by atoms with Crippen LogP contribution in [0.2, 0.25) is 0 Å². The van der Waals surface area contributed by atoms with Crippen molar-refractivity contribution in [1.82, 2.24) is 15.0 Å². The van der Waals surface area contributed by atoms with Crippen LogP contribution in [0.5, 0.6) is 5.75 Å². The molecule has 0 aliphatic carbocycles. The van der Waals surface area contributed by atoms with E-state index >= 15 is 0 Å². The zero-order valence-corrected chi connectivity index (χ0v) is 12.8. The van der Waals surface area contributed by atoms with Gasteiger partial charge in [0, 0.05) is 11.9 Å². The molecule has 0 saturated heterocycles. The van der Waals surface area contributed by atoms with E-state index in [9.17, 15) is 0 Å². The summed E-state index contributed by atoms with van der Waals surface area (Å²) in [5.41, 5.74) is 0.997. The largest absolute Gasteiger partial charge is 0.490 e. The number of nitrogens with zero attached hydrogens (tertiary/aromatic N) is 3. The molecule has 2 aromatic rings. The molecule has 0 atom stereocenters. The van der Waals surface area contributed by atoms with Gasteiger partial charge in [0.05, 0.1) is 24.4 Å². The predicted octanol–water partition coefficient (Wildman–Crippen LogP) is 2.68. The second kappa shape index (κ2) is 7.04. The SMILES string of the molecule is CCCNc1ncnc(NCc2csc(C)n2)c1OC. The number of aryl methyl sites for hydroxylation is 1. The molecule has 0 fully saturated rings. The van der Waals surface area contributed by atoms with Crippen LogP contribution in [-0.4, -0.2) is 28.6 Å². The smallest absolute Gasteiger partial charge is 0.204 e. The van der Waals surface area contributed by atoms with Gasteiger partial charge >= 0.3 is 0 Å². The number of ether oxygens (including phenoxy) is 1. The van der Waals surface area contributed by atoms with Crippen LogP contribution in [0.25, 0.3) is 0 Å². The molecule has 0 aromatic carbocycles. The van der Waals surface area contributed by atoms with Crippen molar-refractivity contribution in [3.63, 3.8) is 0 Å². The number of methoxy groups -OCH3 is 1. The summed E-state index contributed by atoms with van der Waals surface area (Å²) in [6.45, 7) is 5.56. The molecule has 2 N–H and O–H groups in total. The Balaban J connectivity index is 2.10. The van der Waals surface area contributed by atoms with Crippen molar-refractivity contribution in [3.8, 4) is 5.75 Å². The molecule has 0 saturated carbocycles. The molecule has 0 unspecified atom stereocenters. The van der Waals surface area contributed by atoms with E-state index in [1.165, 1.54) is 6.33 Å². The molecule has 0 bridgehead atoms. The number of nitrogens with one attached hydrogen (secondary N) is 2. The summed E-state index contributed by atoms with van der Waals surface area (Å²) < 4.78 is 5.40. The normalized spacial score (nSPS) is 10.3. The highest BCUT2D eigenvalue weighted by Gasteiger charge is 2.11. The van der Waals surface area contributed by atoms with Crippen LogP contribution in [-0.2, 0) is 6.54 Å². The summed E-state index contributed by atoms with van der Waals surface area (Å²) in [4.78, 5) is 12.8. The molecule has 0 spiro atoms. The number of hydrogen-bond donors (Lipinski definition) is 2. The first-order valence-corrected chi connectivity index (χ1v) is 7.40. The van der Waals surface area contributed by atoms with E-state index in [1.807, 2.05) is 12.3 Å². The molecule has 2 aromatic heterocycles. The predicted molar refractivity (Wildman–Crippen MR) is 81.5 cm³/mol. The number of hydrogen-bond acceptors (Lipinski definition) is 7. The molecule has 7 heteroatoms. The Labute approximate surface area is 122 Å². The van der Waals surface area contributed by atoms with Gasteiger partial charge in [0.1, 0.15) is 6.33 Å². The zero-order valence-electron chi connectivity index (χ0n) is 11.9. The maximum atomic E-state index is 5.40. The van der Waals surface area contributed by atoms with Crippen LogP contribution in [0, 0.1) is 6.92 Å².